The Bertz CT molecular complexity index is 432. The standard InChI is InChI=1S/C14H20N2O2/c15-7-2-1-3-14(18)16-8-6-11-4-5-13(17)9-12(11)10-16/h4-5,9,17H,1-3,6-8,10,15H2. The van der Waals surface area contributed by atoms with Gasteiger partial charge in [0, 0.05) is 19.5 Å². The highest BCUT2D eigenvalue weighted by molar-refractivity contribution is 5.76. The van der Waals surface area contributed by atoms with Gasteiger partial charge in [-0.25, -0.2) is 0 Å². The first-order valence-corrected chi connectivity index (χ1v) is 6.49. The lowest BCUT2D eigenvalue weighted by Crippen LogP contribution is -2.35. The molecule has 0 unspecified atom stereocenters. The average Bonchev–Trinajstić information content (AvgIpc) is 2.38. The maximum atomic E-state index is 12.0. The highest BCUT2D eigenvalue weighted by atomic mass is 16.3. The van der Waals surface area contributed by atoms with Gasteiger partial charge in [0.25, 0.3) is 0 Å². The van der Waals surface area contributed by atoms with Crippen molar-refractivity contribution < 1.29 is 9.90 Å². The molecule has 0 atom stereocenters. The molecule has 1 aromatic carbocycles. The minimum absolute atomic E-state index is 0.192. The largest absolute Gasteiger partial charge is 0.508 e. The monoisotopic (exact) mass is 248 g/mol. The number of rotatable bonds is 4. The summed E-state index contributed by atoms with van der Waals surface area (Å²) < 4.78 is 0. The zero-order valence-electron chi connectivity index (χ0n) is 10.6. The van der Waals surface area contributed by atoms with E-state index in [1.807, 2.05) is 11.0 Å². The van der Waals surface area contributed by atoms with Crippen LogP contribution in [-0.4, -0.2) is 29.0 Å². The maximum Gasteiger partial charge on any atom is 0.222 e. The third-order valence-corrected chi connectivity index (χ3v) is 3.40. The number of unbranched alkanes of at least 4 members (excludes halogenated alkanes) is 1. The fraction of sp³-hybridized carbons (Fsp3) is 0.500. The van der Waals surface area contributed by atoms with Crippen molar-refractivity contribution in [1.29, 1.82) is 0 Å². The van der Waals surface area contributed by atoms with Crippen LogP contribution < -0.4 is 5.73 Å². The second-order valence-corrected chi connectivity index (χ2v) is 4.76. The predicted molar refractivity (Wildman–Crippen MR) is 70.1 cm³/mol. The summed E-state index contributed by atoms with van der Waals surface area (Å²) in [5, 5.41) is 9.47. The molecule has 1 aromatic rings. The summed E-state index contributed by atoms with van der Waals surface area (Å²) in [6.07, 6.45) is 3.21. The van der Waals surface area contributed by atoms with E-state index in [4.69, 9.17) is 5.73 Å². The van der Waals surface area contributed by atoms with E-state index in [9.17, 15) is 9.90 Å². The van der Waals surface area contributed by atoms with Gasteiger partial charge in [-0.2, -0.15) is 0 Å². The van der Waals surface area contributed by atoms with Gasteiger partial charge in [-0.1, -0.05) is 6.07 Å². The van der Waals surface area contributed by atoms with Gasteiger partial charge in [0.1, 0.15) is 5.75 Å². The molecule has 0 fully saturated rings. The molecule has 3 N–H and O–H groups in total. The Morgan fingerprint density at radius 1 is 1.33 bits per heavy atom. The number of hydrogen-bond acceptors (Lipinski definition) is 3. The summed E-state index contributed by atoms with van der Waals surface area (Å²) in [4.78, 5) is 13.9. The molecule has 0 radical (unpaired) electrons. The Morgan fingerprint density at radius 2 is 2.17 bits per heavy atom. The fourth-order valence-electron chi connectivity index (χ4n) is 2.34. The van der Waals surface area contributed by atoms with Gasteiger partial charge in [0.2, 0.25) is 5.91 Å². The molecular formula is C14H20N2O2. The van der Waals surface area contributed by atoms with Crippen LogP contribution in [0.25, 0.3) is 0 Å². The summed E-state index contributed by atoms with van der Waals surface area (Å²) in [6, 6.07) is 5.41. The number of amides is 1. The van der Waals surface area contributed by atoms with Gasteiger partial charge in [0.15, 0.2) is 0 Å². The first-order chi connectivity index (χ1) is 8.70. The minimum Gasteiger partial charge on any atom is -0.508 e. The molecule has 0 bridgehead atoms. The Kier molecular flexibility index (Phi) is 4.20. The molecule has 1 heterocycles. The van der Waals surface area contributed by atoms with Gasteiger partial charge in [-0.3, -0.25) is 4.79 Å². The van der Waals surface area contributed by atoms with Gasteiger partial charge < -0.3 is 15.7 Å². The van der Waals surface area contributed by atoms with E-state index in [1.165, 1.54) is 5.56 Å². The van der Waals surface area contributed by atoms with Crippen molar-refractivity contribution in [3.05, 3.63) is 29.3 Å². The third kappa shape index (κ3) is 3.01. The van der Waals surface area contributed by atoms with Gasteiger partial charge >= 0.3 is 0 Å². The second-order valence-electron chi connectivity index (χ2n) is 4.76. The molecule has 0 spiro atoms. The van der Waals surface area contributed by atoms with Crippen LogP contribution in [0.2, 0.25) is 0 Å². The Labute approximate surface area is 107 Å². The van der Waals surface area contributed by atoms with Crippen LogP contribution in [0, 0.1) is 0 Å². The molecule has 0 saturated heterocycles. The number of phenols is 1. The van der Waals surface area contributed by atoms with Gasteiger partial charge in [-0.05, 0) is 49.1 Å². The Morgan fingerprint density at radius 3 is 2.94 bits per heavy atom. The van der Waals surface area contributed by atoms with Crippen LogP contribution in [0.4, 0.5) is 0 Å². The smallest absolute Gasteiger partial charge is 0.222 e. The van der Waals surface area contributed by atoms with Crippen LogP contribution in [-0.2, 0) is 17.8 Å². The van der Waals surface area contributed by atoms with E-state index in [2.05, 4.69) is 0 Å². The first kappa shape index (κ1) is 12.9. The summed E-state index contributed by atoms with van der Waals surface area (Å²) in [7, 11) is 0. The number of aromatic hydroxyl groups is 1. The van der Waals surface area contributed by atoms with Crippen LogP contribution in [0.15, 0.2) is 18.2 Å². The van der Waals surface area contributed by atoms with Crippen molar-refractivity contribution in [2.45, 2.75) is 32.2 Å². The van der Waals surface area contributed by atoms with E-state index in [0.29, 0.717) is 19.5 Å². The lowest BCUT2D eigenvalue weighted by Gasteiger charge is -2.29. The van der Waals surface area contributed by atoms with Crippen LogP contribution in [0.1, 0.15) is 30.4 Å². The normalized spacial score (nSPS) is 14.4. The van der Waals surface area contributed by atoms with Crippen LogP contribution in [0.5, 0.6) is 5.75 Å². The molecule has 18 heavy (non-hydrogen) atoms. The summed E-state index contributed by atoms with van der Waals surface area (Å²) in [6.45, 7) is 2.04. The molecule has 1 aliphatic rings. The zero-order chi connectivity index (χ0) is 13.0. The predicted octanol–water partition coefficient (Wildman–Crippen LogP) is 1.41. The quantitative estimate of drug-likeness (QED) is 0.792. The number of carbonyl (C=O) groups excluding carboxylic acids is 1. The average molecular weight is 248 g/mol. The molecule has 0 aliphatic carbocycles. The lowest BCUT2D eigenvalue weighted by atomic mass is 9.99. The van der Waals surface area contributed by atoms with Crippen molar-refractivity contribution in [2.24, 2.45) is 5.73 Å². The fourth-order valence-corrected chi connectivity index (χ4v) is 2.34. The lowest BCUT2D eigenvalue weighted by molar-refractivity contribution is -0.132. The van der Waals surface area contributed by atoms with E-state index in [0.717, 1.165) is 31.4 Å². The molecule has 1 amide bonds. The number of carbonyl (C=O) groups is 1. The highest BCUT2D eigenvalue weighted by Crippen LogP contribution is 2.23. The minimum atomic E-state index is 0.192. The number of benzene rings is 1. The van der Waals surface area contributed by atoms with Crippen molar-refractivity contribution in [2.75, 3.05) is 13.1 Å². The number of hydrogen-bond donors (Lipinski definition) is 2. The molecule has 2 rings (SSSR count). The molecule has 0 aromatic heterocycles. The van der Waals surface area contributed by atoms with E-state index in [-0.39, 0.29) is 11.7 Å². The molecule has 98 valence electrons. The highest BCUT2D eigenvalue weighted by Gasteiger charge is 2.20. The van der Waals surface area contributed by atoms with E-state index < -0.39 is 0 Å². The number of phenolic OH excluding ortho intramolecular Hbond substituents is 1. The Balaban J connectivity index is 1.96. The maximum absolute atomic E-state index is 12.0. The molecule has 4 heteroatoms. The van der Waals surface area contributed by atoms with E-state index >= 15 is 0 Å². The van der Waals surface area contributed by atoms with Gasteiger partial charge in [-0.15, -0.1) is 0 Å². The van der Waals surface area contributed by atoms with Gasteiger partial charge in [0.05, 0.1) is 0 Å². The molecule has 0 saturated carbocycles. The number of nitrogens with two attached hydrogens (primary N) is 1. The summed E-state index contributed by atoms with van der Waals surface area (Å²) in [5.41, 5.74) is 7.72. The van der Waals surface area contributed by atoms with Crippen molar-refractivity contribution in [3.8, 4) is 5.75 Å². The number of fused-ring (bicyclic) bond motifs is 1. The van der Waals surface area contributed by atoms with Crippen molar-refractivity contribution in [3.63, 3.8) is 0 Å². The van der Waals surface area contributed by atoms with Crippen molar-refractivity contribution >= 4 is 5.91 Å². The Hall–Kier alpha value is -1.55. The second kappa shape index (κ2) is 5.87. The van der Waals surface area contributed by atoms with E-state index in [1.54, 1.807) is 12.1 Å². The molecule has 4 nitrogen and oxygen atoms in total. The van der Waals surface area contributed by atoms with Crippen molar-refractivity contribution in [1.82, 2.24) is 4.90 Å². The third-order valence-electron chi connectivity index (χ3n) is 3.40. The van der Waals surface area contributed by atoms with Crippen LogP contribution in [0.3, 0.4) is 0 Å². The first-order valence-electron chi connectivity index (χ1n) is 6.49. The molecular weight excluding hydrogens is 228 g/mol. The summed E-state index contributed by atoms with van der Waals surface area (Å²) in [5.74, 6) is 0.462. The topological polar surface area (TPSA) is 66.6 Å². The SMILES string of the molecule is NCCCCC(=O)N1CCc2ccc(O)cc2C1. The molecule has 1 aliphatic heterocycles. The number of nitrogens with zero attached hydrogens (tertiary/aromatic N) is 1. The van der Waals surface area contributed by atoms with Crippen LogP contribution >= 0.6 is 0 Å². The summed E-state index contributed by atoms with van der Waals surface area (Å²) >= 11 is 0. The zero-order valence-corrected chi connectivity index (χ0v) is 10.6.